The summed E-state index contributed by atoms with van der Waals surface area (Å²) in [6, 6.07) is 6.23. The molecule has 0 aliphatic carbocycles. The number of aromatic nitrogens is 2. The van der Waals surface area contributed by atoms with Gasteiger partial charge in [-0.25, -0.2) is 0 Å². The number of guanidine groups is 1. The van der Waals surface area contributed by atoms with Crippen LogP contribution in [0.5, 0.6) is 5.75 Å². The summed E-state index contributed by atoms with van der Waals surface area (Å²) < 4.78 is 11.2. The summed E-state index contributed by atoms with van der Waals surface area (Å²) in [6.07, 6.45) is 0.977. The van der Waals surface area contributed by atoms with Crippen LogP contribution in [0.3, 0.4) is 0 Å². The Morgan fingerprint density at radius 1 is 1.21 bits per heavy atom. The SMILES string of the molecule is CCCOc1cc(C)ccc1CNC(=NC)NCc1noc(C(C)(C)C)n1.I. The van der Waals surface area contributed by atoms with Gasteiger partial charge in [0.15, 0.2) is 11.8 Å². The van der Waals surface area contributed by atoms with E-state index in [1.807, 2.05) is 20.8 Å². The normalized spacial score (nSPS) is 11.7. The minimum Gasteiger partial charge on any atom is -0.493 e. The van der Waals surface area contributed by atoms with E-state index in [4.69, 9.17) is 9.26 Å². The van der Waals surface area contributed by atoms with Gasteiger partial charge in [-0.05, 0) is 25.0 Å². The zero-order valence-corrected chi connectivity index (χ0v) is 20.0. The van der Waals surface area contributed by atoms with Crippen molar-refractivity contribution in [2.24, 2.45) is 4.99 Å². The van der Waals surface area contributed by atoms with E-state index in [0.717, 1.165) is 17.7 Å². The monoisotopic (exact) mass is 501 g/mol. The first-order valence-electron chi connectivity index (χ1n) is 9.33. The molecule has 2 rings (SSSR count). The van der Waals surface area contributed by atoms with Gasteiger partial charge >= 0.3 is 0 Å². The Morgan fingerprint density at radius 3 is 2.54 bits per heavy atom. The minimum atomic E-state index is -0.161. The highest BCUT2D eigenvalue weighted by Crippen LogP contribution is 2.21. The molecular formula is C20H32IN5O2. The molecule has 1 heterocycles. The van der Waals surface area contributed by atoms with Crippen LogP contribution in [0, 0.1) is 6.92 Å². The lowest BCUT2D eigenvalue weighted by Crippen LogP contribution is -2.36. The fourth-order valence-corrected chi connectivity index (χ4v) is 2.35. The number of nitrogens with zero attached hydrogens (tertiary/aromatic N) is 3. The van der Waals surface area contributed by atoms with Gasteiger partial charge in [0.2, 0.25) is 5.89 Å². The highest BCUT2D eigenvalue weighted by Gasteiger charge is 2.21. The molecule has 0 unspecified atom stereocenters. The molecular weight excluding hydrogens is 469 g/mol. The number of benzene rings is 1. The van der Waals surface area contributed by atoms with Gasteiger partial charge in [0.1, 0.15) is 5.75 Å². The largest absolute Gasteiger partial charge is 0.493 e. The molecule has 0 atom stereocenters. The van der Waals surface area contributed by atoms with Crippen molar-refractivity contribution in [1.29, 1.82) is 0 Å². The Balaban J connectivity index is 0.00000392. The maximum absolute atomic E-state index is 5.86. The molecule has 0 aliphatic heterocycles. The van der Waals surface area contributed by atoms with E-state index in [1.165, 1.54) is 5.56 Å². The number of halogens is 1. The first-order valence-corrected chi connectivity index (χ1v) is 9.33. The van der Waals surface area contributed by atoms with Crippen molar-refractivity contribution in [3.05, 3.63) is 41.0 Å². The molecule has 0 saturated heterocycles. The molecule has 0 amide bonds. The smallest absolute Gasteiger partial charge is 0.232 e. The molecule has 2 aromatic rings. The van der Waals surface area contributed by atoms with Crippen molar-refractivity contribution >= 4 is 29.9 Å². The van der Waals surface area contributed by atoms with Gasteiger partial charge in [-0.1, -0.05) is 45.0 Å². The van der Waals surface area contributed by atoms with Gasteiger partial charge < -0.3 is 19.9 Å². The van der Waals surface area contributed by atoms with E-state index in [1.54, 1.807) is 7.05 Å². The second-order valence-electron chi connectivity index (χ2n) is 7.50. The van der Waals surface area contributed by atoms with E-state index < -0.39 is 0 Å². The zero-order valence-electron chi connectivity index (χ0n) is 17.6. The van der Waals surface area contributed by atoms with E-state index in [9.17, 15) is 0 Å². The van der Waals surface area contributed by atoms with E-state index >= 15 is 0 Å². The first-order chi connectivity index (χ1) is 12.8. The number of ether oxygens (including phenoxy) is 1. The predicted molar refractivity (Wildman–Crippen MR) is 122 cm³/mol. The van der Waals surface area contributed by atoms with Crippen LogP contribution in [0.25, 0.3) is 0 Å². The highest BCUT2D eigenvalue weighted by atomic mass is 127. The molecule has 1 aromatic heterocycles. The van der Waals surface area contributed by atoms with Gasteiger partial charge in [-0.3, -0.25) is 4.99 Å². The third kappa shape index (κ3) is 7.29. The molecule has 8 heteroatoms. The van der Waals surface area contributed by atoms with Crippen LogP contribution in [0.4, 0.5) is 0 Å². The van der Waals surface area contributed by atoms with Crippen LogP contribution in [-0.2, 0) is 18.5 Å². The number of aryl methyl sites for hydroxylation is 1. The summed E-state index contributed by atoms with van der Waals surface area (Å²) in [5, 5.41) is 10.5. The number of aliphatic imine (C=N–C) groups is 1. The van der Waals surface area contributed by atoms with Gasteiger partial charge in [-0.2, -0.15) is 4.98 Å². The van der Waals surface area contributed by atoms with Gasteiger partial charge in [-0.15, -0.1) is 24.0 Å². The van der Waals surface area contributed by atoms with E-state index in [-0.39, 0.29) is 29.4 Å². The summed E-state index contributed by atoms with van der Waals surface area (Å²) in [5.41, 5.74) is 2.11. The maximum atomic E-state index is 5.86. The summed E-state index contributed by atoms with van der Waals surface area (Å²) >= 11 is 0. The number of hydrogen-bond acceptors (Lipinski definition) is 5. The second kappa shape index (κ2) is 11.2. The summed E-state index contributed by atoms with van der Waals surface area (Å²) in [7, 11) is 1.73. The van der Waals surface area contributed by atoms with E-state index in [2.05, 4.69) is 57.8 Å². The number of rotatable bonds is 7. The summed E-state index contributed by atoms with van der Waals surface area (Å²) in [4.78, 5) is 8.67. The van der Waals surface area contributed by atoms with Crippen LogP contribution in [0.2, 0.25) is 0 Å². The molecule has 1 aromatic carbocycles. The Bertz CT molecular complexity index is 768. The molecule has 2 N–H and O–H groups in total. The van der Waals surface area contributed by atoms with Gasteiger partial charge in [0.25, 0.3) is 0 Å². The molecule has 0 fully saturated rings. The zero-order chi connectivity index (χ0) is 19.9. The Labute approximate surface area is 184 Å². The summed E-state index contributed by atoms with van der Waals surface area (Å²) in [6.45, 7) is 12.0. The third-order valence-electron chi connectivity index (χ3n) is 3.88. The van der Waals surface area contributed by atoms with Crippen molar-refractivity contribution in [3.63, 3.8) is 0 Å². The number of hydrogen-bond donors (Lipinski definition) is 2. The summed E-state index contributed by atoms with van der Waals surface area (Å²) in [5.74, 6) is 2.80. The van der Waals surface area contributed by atoms with E-state index in [0.29, 0.717) is 37.4 Å². The Morgan fingerprint density at radius 2 is 1.93 bits per heavy atom. The maximum Gasteiger partial charge on any atom is 0.232 e. The molecule has 7 nitrogen and oxygen atoms in total. The second-order valence-corrected chi connectivity index (χ2v) is 7.50. The van der Waals surface area contributed by atoms with Gasteiger partial charge in [0, 0.05) is 24.6 Å². The molecule has 0 spiro atoms. The van der Waals surface area contributed by atoms with Crippen molar-refractivity contribution < 1.29 is 9.26 Å². The quantitative estimate of drug-likeness (QED) is 0.340. The van der Waals surface area contributed by atoms with Crippen molar-refractivity contribution in [3.8, 4) is 5.75 Å². The fourth-order valence-electron chi connectivity index (χ4n) is 2.35. The molecule has 156 valence electrons. The average molecular weight is 501 g/mol. The molecule has 0 radical (unpaired) electrons. The number of nitrogens with one attached hydrogen (secondary N) is 2. The predicted octanol–water partition coefficient (Wildman–Crippen LogP) is 3.95. The van der Waals surface area contributed by atoms with Crippen LogP contribution >= 0.6 is 24.0 Å². The minimum absolute atomic E-state index is 0. The molecule has 0 saturated carbocycles. The van der Waals surface area contributed by atoms with Crippen LogP contribution in [0.1, 0.15) is 57.0 Å². The van der Waals surface area contributed by atoms with Crippen LogP contribution in [-0.4, -0.2) is 29.8 Å². The van der Waals surface area contributed by atoms with Crippen LogP contribution in [0.15, 0.2) is 27.7 Å². The third-order valence-corrected chi connectivity index (χ3v) is 3.88. The lowest BCUT2D eigenvalue weighted by atomic mass is 9.97. The Hall–Kier alpha value is -1.84. The lowest BCUT2D eigenvalue weighted by molar-refractivity contribution is 0.313. The molecule has 28 heavy (non-hydrogen) atoms. The molecule has 0 aliphatic rings. The van der Waals surface area contributed by atoms with Crippen molar-refractivity contribution in [2.45, 2.75) is 59.5 Å². The topological polar surface area (TPSA) is 84.6 Å². The van der Waals surface area contributed by atoms with Crippen molar-refractivity contribution in [1.82, 2.24) is 20.8 Å². The fraction of sp³-hybridized carbons (Fsp3) is 0.550. The Kier molecular flexibility index (Phi) is 9.71. The first kappa shape index (κ1) is 24.2. The van der Waals surface area contributed by atoms with Gasteiger partial charge in [0.05, 0.1) is 13.2 Å². The highest BCUT2D eigenvalue weighted by molar-refractivity contribution is 14.0. The standard InChI is InChI=1S/C20H31N5O2.HI/c1-7-10-26-16-11-14(2)8-9-15(16)12-22-19(21-6)23-13-17-24-18(27-25-17)20(3,4)5;/h8-9,11H,7,10,12-13H2,1-6H3,(H2,21,22,23);1H. The van der Waals surface area contributed by atoms with Crippen molar-refractivity contribution in [2.75, 3.05) is 13.7 Å². The molecule has 0 bridgehead atoms. The average Bonchev–Trinajstić information content (AvgIpc) is 3.10. The lowest BCUT2D eigenvalue weighted by Gasteiger charge is -2.15. The van der Waals surface area contributed by atoms with Crippen LogP contribution < -0.4 is 15.4 Å².